The zero-order valence-corrected chi connectivity index (χ0v) is 17.3. The van der Waals surface area contributed by atoms with E-state index in [0.29, 0.717) is 12.2 Å². The summed E-state index contributed by atoms with van der Waals surface area (Å²) in [5, 5.41) is 7.90. The van der Waals surface area contributed by atoms with Gasteiger partial charge in [0.05, 0.1) is 24.3 Å². The molecule has 1 amide bonds. The predicted molar refractivity (Wildman–Crippen MR) is 113 cm³/mol. The number of nitrogens with zero attached hydrogens (tertiary/aromatic N) is 2. The van der Waals surface area contributed by atoms with Crippen molar-refractivity contribution < 1.29 is 14.3 Å². The van der Waals surface area contributed by atoms with Gasteiger partial charge in [-0.2, -0.15) is 5.10 Å². The number of nitrogens with one attached hydrogen (secondary N) is 1. The molecule has 3 aromatic rings. The largest absolute Gasteiger partial charge is 0.454 e. The lowest BCUT2D eigenvalue weighted by Crippen LogP contribution is -2.32. The van der Waals surface area contributed by atoms with Gasteiger partial charge in [-0.15, -0.1) is 0 Å². The van der Waals surface area contributed by atoms with Gasteiger partial charge in [-0.05, 0) is 68.0 Å². The number of carbonyl (C=O) groups excluding carboxylic acids is 1. The molecule has 0 saturated carbocycles. The minimum Gasteiger partial charge on any atom is -0.454 e. The van der Waals surface area contributed by atoms with Gasteiger partial charge in [-0.3, -0.25) is 4.79 Å². The van der Waals surface area contributed by atoms with Crippen molar-refractivity contribution in [2.75, 3.05) is 6.79 Å². The summed E-state index contributed by atoms with van der Waals surface area (Å²) in [5.74, 6) is 1.44. The summed E-state index contributed by atoms with van der Waals surface area (Å²) in [6.45, 7) is 4.49. The molecule has 0 bridgehead atoms. The van der Waals surface area contributed by atoms with Gasteiger partial charge in [0, 0.05) is 11.3 Å². The molecular weight excluding hydrogens is 378 g/mol. The Morgan fingerprint density at radius 1 is 1.20 bits per heavy atom. The highest BCUT2D eigenvalue weighted by Gasteiger charge is 2.26. The van der Waals surface area contributed by atoms with E-state index in [9.17, 15) is 4.79 Å². The Morgan fingerprint density at radius 2 is 2.07 bits per heavy atom. The second-order valence-electron chi connectivity index (χ2n) is 8.05. The van der Waals surface area contributed by atoms with Crippen molar-refractivity contribution >= 4 is 5.91 Å². The molecule has 0 unspecified atom stereocenters. The van der Waals surface area contributed by atoms with Crippen molar-refractivity contribution in [3.05, 3.63) is 70.5 Å². The van der Waals surface area contributed by atoms with E-state index in [1.165, 1.54) is 16.8 Å². The molecular formula is C24H25N3O3. The third kappa shape index (κ3) is 3.32. The molecule has 154 valence electrons. The first-order valence-electron chi connectivity index (χ1n) is 10.4. The van der Waals surface area contributed by atoms with Gasteiger partial charge in [0.1, 0.15) is 0 Å². The topological polar surface area (TPSA) is 65.4 Å². The van der Waals surface area contributed by atoms with E-state index in [0.717, 1.165) is 41.8 Å². The summed E-state index contributed by atoms with van der Waals surface area (Å²) >= 11 is 0. The number of hydrogen-bond acceptors (Lipinski definition) is 4. The first-order valence-corrected chi connectivity index (χ1v) is 10.4. The second-order valence-corrected chi connectivity index (χ2v) is 8.05. The first kappa shape index (κ1) is 18.7. The Hall–Kier alpha value is -3.28. The number of rotatable bonds is 4. The molecule has 1 aromatic heterocycles. The van der Waals surface area contributed by atoms with Crippen molar-refractivity contribution in [2.24, 2.45) is 0 Å². The Labute approximate surface area is 175 Å². The maximum Gasteiger partial charge on any atom is 0.231 e. The van der Waals surface area contributed by atoms with Crippen molar-refractivity contribution in [1.82, 2.24) is 15.1 Å². The summed E-state index contributed by atoms with van der Waals surface area (Å²) in [6, 6.07) is 11.9. The first-order chi connectivity index (χ1) is 14.6. The van der Waals surface area contributed by atoms with Gasteiger partial charge in [0.15, 0.2) is 11.5 Å². The van der Waals surface area contributed by atoms with E-state index in [2.05, 4.69) is 42.5 Å². The summed E-state index contributed by atoms with van der Waals surface area (Å²) in [5.41, 5.74) is 6.84. The molecule has 2 aliphatic rings. The Kier molecular flexibility index (Phi) is 4.69. The van der Waals surface area contributed by atoms with Crippen LogP contribution < -0.4 is 14.8 Å². The number of hydrogen-bond donors (Lipinski definition) is 1. The zero-order chi connectivity index (χ0) is 20.7. The molecule has 30 heavy (non-hydrogen) atoms. The Morgan fingerprint density at radius 3 is 2.97 bits per heavy atom. The van der Waals surface area contributed by atoms with E-state index in [4.69, 9.17) is 9.47 Å². The molecule has 0 fully saturated rings. The molecule has 1 N–H and O–H groups in total. The van der Waals surface area contributed by atoms with Gasteiger partial charge >= 0.3 is 0 Å². The lowest BCUT2D eigenvalue weighted by molar-refractivity contribution is -0.121. The molecule has 2 aromatic carbocycles. The number of aryl methyl sites for hydroxylation is 1. The number of benzene rings is 2. The minimum absolute atomic E-state index is 0.00544. The van der Waals surface area contributed by atoms with Gasteiger partial charge < -0.3 is 14.8 Å². The fraction of sp³-hybridized carbons (Fsp3) is 0.333. The third-order valence-electron chi connectivity index (χ3n) is 6.12. The van der Waals surface area contributed by atoms with Crippen LogP contribution in [0.1, 0.15) is 46.8 Å². The number of fused-ring (bicyclic) bond motifs is 2. The maximum atomic E-state index is 12.8. The van der Waals surface area contributed by atoms with Gasteiger partial charge in [0.25, 0.3) is 0 Å². The SMILES string of the molecule is Cc1cccc(-n2ncc3c2CCC[C@@H]3NC(=O)Cc2ccc3c(c2)OCO3)c1C. The third-order valence-corrected chi connectivity index (χ3v) is 6.12. The van der Waals surface area contributed by atoms with Crippen LogP contribution in [0.3, 0.4) is 0 Å². The summed E-state index contributed by atoms with van der Waals surface area (Å²) in [7, 11) is 0. The van der Waals surface area contributed by atoms with E-state index in [1.807, 2.05) is 29.1 Å². The fourth-order valence-electron chi connectivity index (χ4n) is 4.36. The lowest BCUT2D eigenvalue weighted by atomic mass is 9.92. The minimum atomic E-state index is -0.00544. The maximum absolute atomic E-state index is 12.8. The Bertz CT molecular complexity index is 1120. The molecule has 0 radical (unpaired) electrons. The highest BCUT2D eigenvalue weighted by molar-refractivity contribution is 5.79. The molecule has 2 heterocycles. The summed E-state index contributed by atoms with van der Waals surface area (Å²) in [4.78, 5) is 12.8. The van der Waals surface area contributed by atoms with Crippen molar-refractivity contribution in [1.29, 1.82) is 0 Å². The zero-order valence-electron chi connectivity index (χ0n) is 17.3. The molecule has 0 saturated heterocycles. The molecule has 1 atom stereocenters. The normalized spacial score (nSPS) is 16.9. The summed E-state index contributed by atoms with van der Waals surface area (Å²) < 4.78 is 12.8. The van der Waals surface area contributed by atoms with E-state index in [1.54, 1.807) is 0 Å². The van der Waals surface area contributed by atoms with Crippen LogP contribution in [0.25, 0.3) is 5.69 Å². The van der Waals surface area contributed by atoms with Crippen LogP contribution in [0.15, 0.2) is 42.6 Å². The van der Waals surface area contributed by atoms with Crippen molar-refractivity contribution in [2.45, 2.75) is 45.6 Å². The standard InChI is InChI=1S/C24H25N3O3/c1-15-5-3-7-20(16(15)2)27-21-8-4-6-19(18(21)13-25-27)26-24(28)12-17-9-10-22-23(11-17)30-14-29-22/h3,5,7,9-11,13,19H,4,6,8,12,14H2,1-2H3,(H,26,28)/t19-/m0/s1. The van der Waals surface area contributed by atoms with Crippen LogP contribution in [-0.2, 0) is 17.6 Å². The van der Waals surface area contributed by atoms with Gasteiger partial charge in [0.2, 0.25) is 12.7 Å². The molecule has 6 nitrogen and oxygen atoms in total. The van der Waals surface area contributed by atoms with Crippen LogP contribution in [0.5, 0.6) is 11.5 Å². The predicted octanol–water partition coefficient (Wildman–Crippen LogP) is 3.95. The second kappa shape index (κ2) is 7.52. The number of carbonyl (C=O) groups is 1. The molecule has 1 aliphatic heterocycles. The van der Waals surface area contributed by atoms with Gasteiger partial charge in [-0.25, -0.2) is 4.68 Å². The highest BCUT2D eigenvalue weighted by Crippen LogP contribution is 2.34. The van der Waals surface area contributed by atoms with E-state index < -0.39 is 0 Å². The number of aromatic nitrogens is 2. The average Bonchev–Trinajstić information content (AvgIpc) is 3.37. The van der Waals surface area contributed by atoms with Crippen LogP contribution >= 0.6 is 0 Å². The molecule has 1 aliphatic carbocycles. The molecule has 5 rings (SSSR count). The van der Waals surface area contributed by atoms with E-state index in [-0.39, 0.29) is 18.7 Å². The van der Waals surface area contributed by atoms with Crippen LogP contribution in [0.2, 0.25) is 0 Å². The average molecular weight is 403 g/mol. The Balaban J connectivity index is 1.34. The van der Waals surface area contributed by atoms with Crippen LogP contribution in [-0.4, -0.2) is 22.5 Å². The van der Waals surface area contributed by atoms with E-state index >= 15 is 0 Å². The lowest BCUT2D eigenvalue weighted by Gasteiger charge is -2.24. The van der Waals surface area contributed by atoms with Crippen LogP contribution in [0, 0.1) is 13.8 Å². The van der Waals surface area contributed by atoms with Crippen molar-refractivity contribution in [3.8, 4) is 17.2 Å². The molecule has 6 heteroatoms. The fourth-order valence-corrected chi connectivity index (χ4v) is 4.36. The number of amides is 1. The highest BCUT2D eigenvalue weighted by atomic mass is 16.7. The van der Waals surface area contributed by atoms with Crippen LogP contribution in [0.4, 0.5) is 0 Å². The monoisotopic (exact) mass is 403 g/mol. The van der Waals surface area contributed by atoms with Gasteiger partial charge in [-0.1, -0.05) is 18.2 Å². The quantitative estimate of drug-likeness (QED) is 0.716. The van der Waals surface area contributed by atoms with Crippen molar-refractivity contribution in [3.63, 3.8) is 0 Å². The number of ether oxygens (including phenoxy) is 2. The smallest absolute Gasteiger partial charge is 0.231 e. The molecule has 0 spiro atoms. The summed E-state index contributed by atoms with van der Waals surface area (Å²) in [6.07, 6.45) is 5.16.